The highest BCUT2D eigenvalue weighted by Crippen LogP contribution is 2.16. The lowest BCUT2D eigenvalue weighted by Crippen LogP contribution is -2.21. The van der Waals surface area contributed by atoms with Gasteiger partial charge in [0, 0.05) is 7.05 Å². The van der Waals surface area contributed by atoms with Gasteiger partial charge in [-0.05, 0) is 19.4 Å². The molecule has 5 heteroatoms. The van der Waals surface area contributed by atoms with Crippen LogP contribution in [0.25, 0.3) is 0 Å². The third kappa shape index (κ3) is 2.40. The second-order valence-electron chi connectivity index (χ2n) is 4.25. The SMILES string of the molecule is Cc1nnc(NC(=O)[C@@H](C)c2ccccc2)n1C. The van der Waals surface area contributed by atoms with Crippen LogP contribution >= 0.6 is 0 Å². The van der Waals surface area contributed by atoms with Crippen molar-refractivity contribution in [2.45, 2.75) is 19.8 Å². The maximum absolute atomic E-state index is 12.1. The van der Waals surface area contributed by atoms with Crippen molar-refractivity contribution in [3.63, 3.8) is 0 Å². The van der Waals surface area contributed by atoms with Crippen molar-refractivity contribution in [1.29, 1.82) is 0 Å². The highest BCUT2D eigenvalue weighted by atomic mass is 16.2. The fourth-order valence-electron chi connectivity index (χ4n) is 1.63. The number of nitrogens with zero attached hydrogens (tertiary/aromatic N) is 3. The summed E-state index contributed by atoms with van der Waals surface area (Å²) in [6.07, 6.45) is 0. The zero-order valence-electron chi connectivity index (χ0n) is 10.7. The molecule has 94 valence electrons. The third-order valence-corrected chi connectivity index (χ3v) is 3.02. The van der Waals surface area contributed by atoms with E-state index in [2.05, 4.69) is 15.5 Å². The van der Waals surface area contributed by atoms with Gasteiger partial charge in [-0.1, -0.05) is 30.3 Å². The summed E-state index contributed by atoms with van der Waals surface area (Å²) < 4.78 is 1.75. The molecule has 0 fully saturated rings. The molecule has 1 aromatic heterocycles. The van der Waals surface area contributed by atoms with Crippen LogP contribution in [0.4, 0.5) is 5.95 Å². The van der Waals surface area contributed by atoms with Crippen molar-refractivity contribution in [1.82, 2.24) is 14.8 Å². The monoisotopic (exact) mass is 244 g/mol. The van der Waals surface area contributed by atoms with E-state index in [1.807, 2.05) is 51.2 Å². The Bertz CT molecular complexity index is 547. The molecule has 0 saturated carbocycles. The minimum atomic E-state index is -0.219. The van der Waals surface area contributed by atoms with Gasteiger partial charge in [-0.15, -0.1) is 10.2 Å². The molecular formula is C13H16N4O. The smallest absolute Gasteiger partial charge is 0.233 e. The second kappa shape index (κ2) is 5.00. The first-order valence-electron chi connectivity index (χ1n) is 5.81. The van der Waals surface area contributed by atoms with E-state index in [4.69, 9.17) is 0 Å². The number of amides is 1. The molecule has 1 amide bonds. The molecule has 1 N–H and O–H groups in total. The Morgan fingerprint density at radius 2 is 1.94 bits per heavy atom. The number of carbonyl (C=O) groups excluding carboxylic acids is 1. The highest BCUT2D eigenvalue weighted by molar-refractivity contribution is 5.94. The van der Waals surface area contributed by atoms with Crippen molar-refractivity contribution in [3.05, 3.63) is 41.7 Å². The topological polar surface area (TPSA) is 59.8 Å². The van der Waals surface area contributed by atoms with E-state index in [9.17, 15) is 4.79 Å². The van der Waals surface area contributed by atoms with Crippen molar-refractivity contribution in [3.8, 4) is 0 Å². The summed E-state index contributed by atoms with van der Waals surface area (Å²) in [5, 5.41) is 10.6. The fraction of sp³-hybridized carbons (Fsp3) is 0.308. The van der Waals surface area contributed by atoms with Gasteiger partial charge in [0.05, 0.1) is 5.92 Å². The molecule has 0 spiro atoms. The molecule has 0 aliphatic carbocycles. The molecule has 1 heterocycles. The molecule has 0 radical (unpaired) electrons. The van der Waals surface area contributed by atoms with Crippen molar-refractivity contribution in [2.75, 3.05) is 5.32 Å². The number of hydrogen-bond acceptors (Lipinski definition) is 3. The van der Waals surface area contributed by atoms with E-state index >= 15 is 0 Å². The van der Waals surface area contributed by atoms with E-state index < -0.39 is 0 Å². The summed E-state index contributed by atoms with van der Waals surface area (Å²) in [6, 6.07) is 9.65. The third-order valence-electron chi connectivity index (χ3n) is 3.02. The predicted octanol–water partition coefficient (Wildman–Crippen LogP) is 1.87. The van der Waals surface area contributed by atoms with Crippen LogP contribution in [0.15, 0.2) is 30.3 Å². The number of rotatable bonds is 3. The molecule has 1 atom stereocenters. The Labute approximate surface area is 106 Å². The standard InChI is InChI=1S/C13H16N4O/c1-9(11-7-5-4-6-8-11)12(18)14-13-16-15-10(2)17(13)3/h4-9H,1-3H3,(H,14,16,18)/t9-/m0/s1. The maximum Gasteiger partial charge on any atom is 0.233 e. The van der Waals surface area contributed by atoms with Gasteiger partial charge in [0.25, 0.3) is 0 Å². The lowest BCUT2D eigenvalue weighted by atomic mass is 10.0. The molecule has 18 heavy (non-hydrogen) atoms. The van der Waals surface area contributed by atoms with Gasteiger partial charge in [0.1, 0.15) is 5.82 Å². The van der Waals surface area contributed by atoms with E-state index in [0.29, 0.717) is 5.95 Å². The zero-order valence-corrected chi connectivity index (χ0v) is 10.7. The van der Waals surface area contributed by atoms with Crippen LogP contribution in [0.5, 0.6) is 0 Å². The molecule has 0 saturated heterocycles. The summed E-state index contributed by atoms with van der Waals surface area (Å²) in [5.41, 5.74) is 0.980. The van der Waals surface area contributed by atoms with E-state index in [-0.39, 0.29) is 11.8 Å². The largest absolute Gasteiger partial charge is 0.300 e. The lowest BCUT2D eigenvalue weighted by Gasteiger charge is -2.11. The minimum absolute atomic E-state index is 0.0864. The van der Waals surface area contributed by atoms with Crippen molar-refractivity contribution >= 4 is 11.9 Å². The van der Waals surface area contributed by atoms with E-state index in [0.717, 1.165) is 11.4 Å². The molecule has 1 aromatic carbocycles. The second-order valence-corrected chi connectivity index (χ2v) is 4.25. The van der Waals surface area contributed by atoms with E-state index in [1.165, 1.54) is 0 Å². The predicted molar refractivity (Wildman–Crippen MR) is 69.2 cm³/mol. The van der Waals surface area contributed by atoms with Gasteiger partial charge in [0.15, 0.2) is 0 Å². The molecule has 0 aliphatic heterocycles. The van der Waals surface area contributed by atoms with Crippen LogP contribution in [-0.4, -0.2) is 20.7 Å². The average molecular weight is 244 g/mol. The first-order valence-corrected chi connectivity index (χ1v) is 5.81. The molecular weight excluding hydrogens is 228 g/mol. The van der Waals surface area contributed by atoms with Gasteiger partial charge in [-0.3, -0.25) is 10.1 Å². The van der Waals surface area contributed by atoms with Crippen LogP contribution in [0.2, 0.25) is 0 Å². The lowest BCUT2D eigenvalue weighted by molar-refractivity contribution is -0.117. The van der Waals surface area contributed by atoms with Crippen molar-refractivity contribution in [2.24, 2.45) is 7.05 Å². The summed E-state index contributed by atoms with van der Waals surface area (Å²) in [4.78, 5) is 12.1. The summed E-state index contributed by atoms with van der Waals surface area (Å²) in [6.45, 7) is 3.71. The minimum Gasteiger partial charge on any atom is -0.300 e. The number of aromatic nitrogens is 3. The van der Waals surface area contributed by atoms with Crippen molar-refractivity contribution < 1.29 is 4.79 Å². The fourth-order valence-corrected chi connectivity index (χ4v) is 1.63. The molecule has 5 nitrogen and oxygen atoms in total. The van der Waals surface area contributed by atoms with Crippen LogP contribution in [0.3, 0.4) is 0 Å². The number of aryl methyl sites for hydroxylation is 1. The Morgan fingerprint density at radius 1 is 1.28 bits per heavy atom. The molecule has 0 aliphatic rings. The molecule has 0 unspecified atom stereocenters. The van der Waals surface area contributed by atoms with Gasteiger partial charge in [0.2, 0.25) is 11.9 Å². The average Bonchev–Trinajstić information content (AvgIpc) is 2.71. The van der Waals surface area contributed by atoms with Crippen LogP contribution in [-0.2, 0) is 11.8 Å². The molecule has 0 bridgehead atoms. The van der Waals surface area contributed by atoms with Crippen LogP contribution in [0, 0.1) is 6.92 Å². The first kappa shape index (κ1) is 12.3. The van der Waals surface area contributed by atoms with Crippen LogP contribution in [0.1, 0.15) is 24.2 Å². The van der Waals surface area contributed by atoms with E-state index in [1.54, 1.807) is 4.57 Å². The highest BCUT2D eigenvalue weighted by Gasteiger charge is 2.17. The van der Waals surface area contributed by atoms with Gasteiger partial charge < -0.3 is 4.57 Å². The number of carbonyl (C=O) groups is 1. The van der Waals surface area contributed by atoms with Crippen LogP contribution < -0.4 is 5.32 Å². The summed E-state index contributed by atoms with van der Waals surface area (Å²) >= 11 is 0. The maximum atomic E-state index is 12.1. The summed E-state index contributed by atoms with van der Waals surface area (Å²) in [7, 11) is 1.82. The Kier molecular flexibility index (Phi) is 3.41. The Hall–Kier alpha value is -2.17. The van der Waals surface area contributed by atoms with Gasteiger partial charge >= 0.3 is 0 Å². The molecule has 2 rings (SSSR count). The zero-order chi connectivity index (χ0) is 13.1. The Balaban J connectivity index is 2.11. The number of anilines is 1. The number of nitrogens with one attached hydrogen (secondary N) is 1. The Morgan fingerprint density at radius 3 is 2.50 bits per heavy atom. The summed E-state index contributed by atoms with van der Waals surface area (Å²) in [5.74, 6) is 0.929. The van der Waals surface area contributed by atoms with Gasteiger partial charge in [-0.2, -0.15) is 0 Å². The first-order chi connectivity index (χ1) is 8.59. The number of hydrogen-bond donors (Lipinski definition) is 1. The van der Waals surface area contributed by atoms with Gasteiger partial charge in [-0.25, -0.2) is 0 Å². The number of benzene rings is 1. The normalized spacial score (nSPS) is 12.2. The molecule has 2 aromatic rings. The quantitative estimate of drug-likeness (QED) is 0.896.